The predicted octanol–water partition coefficient (Wildman–Crippen LogP) is 1.04. The van der Waals surface area contributed by atoms with E-state index in [9.17, 15) is 9.59 Å². The fourth-order valence-electron chi connectivity index (χ4n) is 3.02. The van der Waals surface area contributed by atoms with Gasteiger partial charge in [-0.05, 0) is 26.2 Å². The fourth-order valence-corrected chi connectivity index (χ4v) is 3.02. The fraction of sp³-hybridized carbons (Fsp3) is 0.600. The van der Waals surface area contributed by atoms with Crippen molar-refractivity contribution in [2.24, 2.45) is 0 Å². The first-order valence-electron chi connectivity index (χ1n) is 7.85. The van der Waals surface area contributed by atoms with Crippen LogP contribution in [0.4, 0.5) is 0 Å². The average molecular weight is 303 g/mol. The lowest BCUT2D eigenvalue weighted by atomic mass is 10.2. The number of nitrogens with zero attached hydrogens (tertiary/aromatic N) is 4. The first kappa shape index (κ1) is 14.7. The van der Waals surface area contributed by atoms with E-state index in [4.69, 9.17) is 0 Å². The Kier molecular flexibility index (Phi) is 4.22. The van der Waals surface area contributed by atoms with Crippen LogP contribution in [0.2, 0.25) is 0 Å². The lowest BCUT2D eigenvalue weighted by molar-refractivity contribution is -0.121. The SMILES string of the molecule is Cc1nn(CCCC(=O)NC2CCCC2)c(=O)c2nccn12. The number of aromatic nitrogens is 4. The van der Waals surface area contributed by atoms with Crippen LogP contribution in [0.3, 0.4) is 0 Å². The van der Waals surface area contributed by atoms with Crippen LogP contribution in [0, 0.1) is 6.92 Å². The van der Waals surface area contributed by atoms with Crippen molar-refractivity contribution in [3.63, 3.8) is 0 Å². The van der Waals surface area contributed by atoms with Crippen LogP contribution in [0.25, 0.3) is 5.65 Å². The smallest absolute Gasteiger partial charge is 0.310 e. The molecule has 0 bridgehead atoms. The highest BCUT2D eigenvalue weighted by atomic mass is 16.1. The molecule has 1 aliphatic carbocycles. The van der Waals surface area contributed by atoms with E-state index in [1.807, 2.05) is 6.92 Å². The zero-order chi connectivity index (χ0) is 15.5. The Morgan fingerprint density at radius 1 is 1.41 bits per heavy atom. The van der Waals surface area contributed by atoms with Gasteiger partial charge in [-0.2, -0.15) is 5.10 Å². The maximum atomic E-state index is 12.2. The lowest BCUT2D eigenvalue weighted by Crippen LogP contribution is -2.33. The monoisotopic (exact) mass is 303 g/mol. The third-order valence-corrected chi connectivity index (χ3v) is 4.17. The molecule has 0 radical (unpaired) electrons. The summed E-state index contributed by atoms with van der Waals surface area (Å²) in [6.45, 7) is 2.26. The molecule has 1 N–H and O–H groups in total. The van der Waals surface area contributed by atoms with E-state index in [2.05, 4.69) is 15.4 Å². The summed E-state index contributed by atoms with van der Waals surface area (Å²) in [5.41, 5.74) is 0.162. The van der Waals surface area contributed by atoms with Crippen LogP contribution < -0.4 is 10.9 Å². The lowest BCUT2D eigenvalue weighted by Gasteiger charge is -2.12. The Hall–Kier alpha value is -2.18. The molecule has 0 aromatic carbocycles. The number of fused-ring (bicyclic) bond motifs is 1. The van der Waals surface area contributed by atoms with Crippen LogP contribution in [-0.4, -0.2) is 31.1 Å². The Morgan fingerprint density at radius 2 is 2.18 bits per heavy atom. The molecular formula is C15H21N5O2. The first-order valence-corrected chi connectivity index (χ1v) is 7.85. The molecule has 0 saturated heterocycles. The van der Waals surface area contributed by atoms with Gasteiger partial charge in [0.2, 0.25) is 11.6 Å². The van der Waals surface area contributed by atoms with Crippen LogP contribution >= 0.6 is 0 Å². The quantitative estimate of drug-likeness (QED) is 0.895. The van der Waals surface area contributed by atoms with Gasteiger partial charge in [0.1, 0.15) is 5.82 Å². The van der Waals surface area contributed by atoms with Gasteiger partial charge in [-0.1, -0.05) is 12.8 Å². The van der Waals surface area contributed by atoms with Gasteiger partial charge in [-0.25, -0.2) is 9.67 Å². The third kappa shape index (κ3) is 3.03. The number of imidazole rings is 1. The molecule has 1 saturated carbocycles. The Balaban J connectivity index is 1.58. The molecule has 22 heavy (non-hydrogen) atoms. The van der Waals surface area contributed by atoms with Crippen LogP contribution in [-0.2, 0) is 11.3 Å². The van der Waals surface area contributed by atoms with Crippen molar-refractivity contribution in [2.45, 2.75) is 58.0 Å². The molecule has 2 aromatic heterocycles. The number of carbonyl (C=O) groups is 1. The molecule has 3 rings (SSSR count). The molecule has 1 amide bonds. The molecule has 0 atom stereocenters. The third-order valence-electron chi connectivity index (χ3n) is 4.17. The van der Waals surface area contributed by atoms with Gasteiger partial charge in [0.05, 0.1) is 0 Å². The van der Waals surface area contributed by atoms with Gasteiger partial charge < -0.3 is 5.32 Å². The second-order valence-electron chi connectivity index (χ2n) is 5.85. The van der Waals surface area contributed by atoms with E-state index in [0.717, 1.165) is 12.8 Å². The van der Waals surface area contributed by atoms with E-state index in [1.165, 1.54) is 17.5 Å². The van der Waals surface area contributed by atoms with Crippen LogP contribution in [0.15, 0.2) is 17.2 Å². The van der Waals surface area contributed by atoms with Crippen molar-refractivity contribution < 1.29 is 4.79 Å². The summed E-state index contributed by atoms with van der Waals surface area (Å²) in [4.78, 5) is 28.2. The van der Waals surface area contributed by atoms with Crippen molar-refractivity contribution in [1.29, 1.82) is 0 Å². The zero-order valence-corrected chi connectivity index (χ0v) is 12.8. The van der Waals surface area contributed by atoms with Gasteiger partial charge in [0.25, 0.3) is 0 Å². The summed E-state index contributed by atoms with van der Waals surface area (Å²) in [5.74, 6) is 0.779. The Morgan fingerprint density at radius 3 is 2.95 bits per heavy atom. The average Bonchev–Trinajstić information content (AvgIpc) is 3.15. The number of hydrogen-bond donors (Lipinski definition) is 1. The van der Waals surface area contributed by atoms with E-state index in [1.54, 1.807) is 16.8 Å². The second-order valence-corrected chi connectivity index (χ2v) is 5.85. The van der Waals surface area contributed by atoms with Crippen molar-refractivity contribution in [1.82, 2.24) is 24.5 Å². The molecule has 0 aliphatic heterocycles. The number of aryl methyl sites for hydroxylation is 2. The van der Waals surface area contributed by atoms with Crippen molar-refractivity contribution in [3.8, 4) is 0 Å². The van der Waals surface area contributed by atoms with Crippen LogP contribution in [0.1, 0.15) is 44.3 Å². The van der Waals surface area contributed by atoms with E-state index < -0.39 is 0 Å². The molecule has 2 aromatic rings. The number of carbonyl (C=O) groups excluding carboxylic acids is 1. The number of hydrogen-bond acceptors (Lipinski definition) is 4. The predicted molar refractivity (Wildman–Crippen MR) is 81.6 cm³/mol. The molecule has 7 heteroatoms. The minimum Gasteiger partial charge on any atom is -0.353 e. The molecule has 2 heterocycles. The Bertz CT molecular complexity index is 727. The number of nitrogens with one attached hydrogen (secondary N) is 1. The topological polar surface area (TPSA) is 81.3 Å². The van der Waals surface area contributed by atoms with E-state index in [0.29, 0.717) is 36.9 Å². The summed E-state index contributed by atoms with van der Waals surface area (Å²) in [6, 6.07) is 0.344. The number of rotatable bonds is 5. The van der Waals surface area contributed by atoms with Crippen molar-refractivity contribution >= 4 is 11.6 Å². The molecule has 1 aliphatic rings. The second kappa shape index (κ2) is 6.29. The molecular weight excluding hydrogens is 282 g/mol. The van der Waals surface area contributed by atoms with Gasteiger partial charge >= 0.3 is 5.56 Å². The minimum atomic E-state index is -0.216. The van der Waals surface area contributed by atoms with Crippen LogP contribution in [0.5, 0.6) is 0 Å². The Labute approximate surface area is 128 Å². The van der Waals surface area contributed by atoms with Gasteiger partial charge in [-0.3, -0.25) is 14.0 Å². The zero-order valence-electron chi connectivity index (χ0n) is 12.8. The summed E-state index contributed by atoms with van der Waals surface area (Å²) in [7, 11) is 0. The molecule has 0 unspecified atom stereocenters. The summed E-state index contributed by atoms with van der Waals surface area (Å²) >= 11 is 0. The summed E-state index contributed by atoms with van der Waals surface area (Å²) in [5, 5.41) is 7.32. The standard InChI is InChI=1S/C15H21N5O2/c1-11-18-20(15(22)14-16-8-10-19(11)14)9-4-7-13(21)17-12-5-2-3-6-12/h8,10,12H,2-7,9H2,1H3,(H,17,21). The van der Waals surface area contributed by atoms with Crippen molar-refractivity contribution in [2.75, 3.05) is 0 Å². The molecule has 118 valence electrons. The van der Waals surface area contributed by atoms with Crippen molar-refractivity contribution in [3.05, 3.63) is 28.6 Å². The van der Waals surface area contributed by atoms with Gasteiger partial charge in [-0.15, -0.1) is 0 Å². The maximum absolute atomic E-state index is 12.2. The molecule has 1 fully saturated rings. The summed E-state index contributed by atoms with van der Waals surface area (Å²) < 4.78 is 3.08. The molecule has 7 nitrogen and oxygen atoms in total. The highest BCUT2D eigenvalue weighted by molar-refractivity contribution is 5.76. The maximum Gasteiger partial charge on any atom is 0.310 e. The summed E-state index contributed by atoms with van der Waals surface area (Å²) in [6.07, 6.45) is 8.90. The van der Waals surface area contributed by atoms with Gasteiger partial charge in [0.15, 0.2) is 0 Å². The number of amides is 1. The largest absolute Gasteiger partial charge is 0.353 e. The van der Waals surface area contributed by atoms with E-state index in [-0.39, 0.29) is 11.5 Å². The highest BCUT2D eigenvalue weighted by Gasteiger charge is 2.17. The highest BCUT2D eigenvalue weighted by Crippen LogP contribution is 2.17. The van der Waals surface area contributed by atoms with Gasteiger partial charge in [0, 0.05) is 31.4 Å². The minimum absolute atomic E-state index is 0.0681. The normalized spacial score (nSPS) is 15.5. The first-order chi connectivity index (χ1) is 10.6. The van der Waals surface area contributed by atoms with E-state index >= 15 is 0 Å². The molecule has 0 spiro atoms.